The number of nitrogens with one attached hydrogen (secondary N) is 1. The number of carbonyl (C=O) groups is 3. The zero-order chi connectivity index (χ0) is 24.5. The maximum Gasteiger partial charge on any atom is 0.357 e. The number of nitrogens with zero attached hydrogens (tertiary/aromatic N) is 2. The van der Waals surface area contributed by atoms with Crippen molar-refractivity contribution in [3.8, 4) is 0 Å². The van der Waals surface area contributed by atoms with E-state index in [4.69, 9.17) is 15.2 Å². The van der Waals surface area contributed by atoms with E-state index in [0.717, 1.165) is 0 Å². The average Bonchev–Trinajstić information content (AvgIpc) is 2.66. The number of rotatable bonds is 4. The molecule has 1 amide bonds. The second-order valence-electron chi connectivity index (χ2n) is 8.59. The SMILES string of the molecule is CC(C)(C)OC(=O)c1ccc(N)cn1.CC(C)(C)OC(=O)c1ccc(NC(=O)CBr)cn1. The fourth-order valence-corrected chi connectivity index (χ4v) is 2.11. The molecule has 0 aliphatic rings. The van der Waals surface area contributed by atoms with E-state index in [0.29, 0.717) is 11.4 Å². The number of aromatic nitrogens is 2. The van der Waals surface area contributed by atoms with Crippen LogP contribution in [0.15, 0.2) is 36.7 Å². The van der Waals surface area contributed by atoms with Crippen molar-refractivity contribution >= 4 is 45.2 Å². The van der Waals surface area contributed by atoms with Gasteiger partial charge in [-0.2, -0.15) is 0 Å². The lowest BCUT2D eigenvalue weighted by Gasteiger charge is -2.19. The summed E-state index contributed by atoms with van der Waals surface area (Å²) in [6.45, 7) is 10.8. The van der Waals surface area contributed by atoms with E-state index in [1.165, 1.54) is 18.5 Å². The van der Waals surface area contributed by atoms with Crippen molar-refractivity contribution < 1.29 is 23.9 Å². The van der Waals surface area contributed by atoms with Gasteiger partial charge in [0.15, 0.2) is 0 Å². The number of pyridine rings is 2. The molecule has 0 unspecified atom stereocenters. The maximum atomic E-state index is 11.7. The van der Waals surface area contributed by atoms with Gasteiger partial charge in [-0.05, 0) is 65.8 Å². The first-order valence-corrected chi connectivity index (χ1v) is 10.8. The van der Waals surface area contributed by atoms with Crippen molar-refractivity contribution in [3.05, 3.63) is 48.0 Å². The highest BCUT2D eigenvalue weighted by Gasteiger charge is 2.19. The second kappa shape index (κ2) is 11.6. The molecule has 0 fully saturated rings. The van der Waals surface area contributed by atoms with Crippen LogP contribution >= 0.6 is 15.9 Å². The van der Waals surface area contributed by atoms with Crippen LogP contribution in [0.3, 0.4) is 0 Å². The Balaban J connectivity index is 0.000000330. The molecule has 0 saturated heterocycles. The van der Waals surface area contributed by atoms with Crippen LogP contribution in [0.1, 0.15) is 62.5 Å². The predicted molar refractivity (Wildman–Crippen MR) is 126 cm³/mol. The summed E-state index contributed by atoms with van der Waals surface area (Å²) in [5, 5.41) is 2.81. The molecule has 2 aromatic heterocycles. The minimum absolute atomic E-state index is 0.179. The second-order valence-corrected chi connectivity index (χ2v) is 9.16. The summed E-state index contributed by atoms with van der Waals surface area (Å²) in [6.07, 6.45) is 2.85. The molecule has 32 heavy (non-hydrogen) atoms. The monoisotopic (exact) mass is 508 g/mol. The van der Waals surface area contributed by atoms with Crippen LogP contribution in [0.4, 0.5) is 11.4 Å². The van der Waals surface area contributed by atoms with Crippen molar-refractivity contribution in [1.29, 1.82) is 0 Å². The van der Waals surface area contributed by atoms with Crippen molar-refractivity contribution in [2.75, 3.05) is 16.4 Å². The Labute approximate surface area is 196 Å². The number of nitrogen functional groups attached to an aromatic ring is 1. The Kier molecular flexibility index (Phi) is 9.77. The van der Waals surface area contributed by atoms with Gasteiger partial charge < -0.3 is 20.5 Å². The molecule has 10 heteroatoms. The van der Waals surface area contributed by atoms with E-state index in [9.17, 15) is 14.4 Å². The number of esters is 2. The molecule has 9 nitrogen and oxygen atoms in total. The first-order chi connectivity index (χ1) is 14.7. The summed E-state index contributed by atoms with van der Waals surface area (Å²) >= 11 is 3.04. The highest BCUT2D eigenvalue weighted by Crippen LogP contribution is 2.13. The van der Waals surface area contributed by atoms with Gasteiger partial charge in [0.1, 0.15) is 22.6 Å². The lowest BCUT2D eigenvalue weighted by Crippen LogP contribution is -2.24. The van der Waals surface area contributed by atoms with Gasteiger partial charge in [-0.25, -0.2) is 19.6 Å². The highest BCUT2D eigenvalue weighted by molar-refractivity contribution is 9.09. The Hall–Kier alpha value is -3.01. The smallest absolute Gasteiger partial charge is 0.357 e. The molecular formula is C22H29BrN4O5. The summed E-state index contributed by atoms with van der Waals surface area (Å²) < 4.78 is 10.3. The molecule has 0 saturated carbocycles. The normalized spacial score (nSPS) is 11.0. The summed E-state index contributed by atoms with van der Waals surface area (Å²) in [5.74, 6) is -1.10. The number of ether oxygens (including phenoxy) is 2. The molecule has 2 aromatic rings. The summed E-state index contributed by atoms with van der Waals surface area (Å²) in [5.41, 5.74) is 5.93. The summed E-state index contributed by atoms with van der Waals surface area (Å²) in [6, 6.07) is 6.28. The number of nitrogens with two attached hydrogens (primary N) is 1. The summed E-state index contributed by atoms with van der Waals surface area (Å²) in [4.78, 5) is 42.0. The largest absolute Gasteiger partial charge is 0.455 e. The third-order valence-electron chi connectivity index (χ3n) is 3.17. The number of amides is 1. The van der Waals surface area contributed by atoms with E-state index in [1.807, 2.05) is 20.8 Å². The van der Waals surface area contributed by atoms with E-state index in [-0.39, 0.29) is 22.6 Å². The quantitative estimate of drug-likeness (QED) is 0.467. The molecule has 3 N–H and O–H groups in total. The average molecular weight is 509 g/mol. The molecule has 2 rings (SSSR count). The summed E-state index contributed by atoms with van der Waals surface area (Å²) in [7, 11) is 0. The van der Waals surface area contributed by atoms with E-state index in [2.05, 4.69) is 31.2 Å². The topological polar surface area (TPSA) is 134 Å². The zero-order valence-corrected chi connectivity index (χ0v) is 20.6. The van der Waals surface area contributed by atoms with Gasteiger partial charge in [0.25, 0.3) is 0 Å². The maximum absolute atomic E-state index is 11.7. The molecule has 2 heterocycles. The number of hydrogen-bond donors (Lipinski definition) is 2. The first-order valence-electron chi connectivity index (χ1n) is 9.70. The van der Waals surface area contributed by atoms with E-state index in [1.54, 1.807) is 39.0 Å². The molecule has 0 spiro atoms. The fourth-order valence-electron chi connectivity index (χ4n) is 1.97. The minimum atomic E-state index is -0.554. The number of anilines is 2. The zero-order valence-electron chi connectivity index (χ0n) is 19.1. The van der Waals surface area contributed by atoms with Crippen molar-refractivity contribution in [2.45, 2.75) is 52.7 Å². The standard InChI is InChI=1S/C12H15BrN2O3.C10H14N2O2/c1-12(2,3)18-11(17)9-5-4-8(7-14-9)15-10(16)6-13;1-10(2,3)14-9(13)8-5-4-7(11)6-12-8/h4-5,7H,6H2,1-3H3,(H,15,16);4-6H,11H2,1-3H3. The van der Waals surface area contributed by atoms with Crippen LogP contribution in [0.25, 0.3) is 0 Å². The van der Waals surface area contributed by atoms with Crippen LogP contribution < -0.4 is 11.1 Å². The van der Waals surface area contributed by atoms with Crippen molar-refractivity contribution in [3.63, 3.8) is 0 Å². The number of alkyl halides is 1. The minimum Gasteiger partial charge on any atom is -0.455 e. The molecule has 0 bridgehead atoms. The molecule has 0 aliphatic heterocycles. The Morgan fingerprint density at radius 1 is 0.875 bits per heavy atom. The van der Waals surface area contributed by atoms with Crippen molar-refractivity contribution in [2.24, 2.45) is 0 Å². The third kappa shape index (κ3) is 10.9. The molecule has 174 valence electrons. The van der Waals surface area contributed by atoms with Gasteiger partial charge >= 0.3 is 11.9 Å². The molecule has 0 radical (unpaired) electrons. The number of carbonyl (C=O) groups excluding carboxylic acids is 3. The van der Waals surface area contributed by atoms with Gasteiger partial charge in [-0.1, -0.05) is 15.9 Å². The first kappa shape index (κ1) is 27.0. The Bertz CT molecular complexity index is 917. The van der Waals surface area contributed by atoms with Gasteiger partial charge in [-0.15, -0.1) is 0 Å². The predicted octanol–water partition coefficient (Wildman–Crippen LogP) is 3.99. The van der Waals surface area contributed by atoms with Gasteiger partial charge in [-0.3, -0.25) is 4.79 Å². The molecule has 0 aromatic carbocycles. The number of halogens is 1. The molecule has 0 atom stereocenters. The van der Waals surface area contributed by atoms with Gasteiger partial charge in [0, 0.05) is 0 Å². The van der Waals surface area contributed by atoms with Crippen molar-refractivity contribution in [1.82, 2.24) is 9.97 Å². The molecular weight excluding hydrogens is 480 g/mol. The van der Waals surface area contributed by atoms with Gasteiger partial charge in [0.2, 0.25) is 5.91 Å². The Morgan fingerprint density at radius 2 is 1.34 bits per heavy atom. The number of hydrogen-bond acceptors (Lipinski definition) is 8. The van der Waals surface area contributed by atoms with Crippen LogP contribution in [0, 0.1) is 0 Å². The van der Waals surface area contributed by atoms with Crippen LogP contribution in [-0.2, 0) is 14.3 Å². The lowest BCUT2D eigenvalue weighted by atomic mass is 10.2. The van der Waals surface area contributed by atoms with Gasteiger partial charge in [0.05, 0.1) is 29.1 Å². The van der Waals surface area contributed by atoms with Crippen LogP contribution in [-0.4, -0.2) is 44.3 Å². The molecule has 0 aliphatic carbocycles. The van der Waals surface area contributed by atoms with Crippen LogP contribution in [0.5, 0.6) is 0 Å². The fraction of sp³-hybridized carbons (Fsp3) is 0.409. The Morgan fingerprint density at radius 3 is 1.69 bits per heavy atom. The van der Waals surface area contributed by atoms with E-state index < -0.39 is 23.1 Å². The van der Waals surface area contributed by atoms with Crippen LogP contribution in [0.2, 0.25) is 0 Å². The van der Waals surface area contributed by atoms with E-state index >= 15 is 0 Å². The lowest BCUT2D eigenvalue weighted by molar-refractivity contribution is -0.113. The third-order valence-corrected chi connectivity index (χ3v) is 3.68. The highest BCUT2D eigenvalue weighted by atomic mass is 79.9.